The number of aldehydes is 1. The Labute approximate surface area is 518 Å². The number of aliphatic carboxylic acids is 4. The van der Waals surface area contributed by atoms with Gasteiger partial charge in [0.15, 0.2) is 0 Å². The van der Waals surface area contributed by atoms with Crippen LogP contribution in [0.4, 0.5) is 0 Å². The number of carbonyl (C=O) groups excluding carboxylic acids is 10. The molecule has 0 unspecified atom stereocenters. The highest BCUT2D eigenvalue weighted by molar-refractivity contribution is 7.81. The largest absolute Gasteiger partial charge is 0.481 e. The van der Waals surface area contributed by atoms with Gasteiger partial charge in [0, 0.05) is 38.6 Å². The van der Waals surface area contributed by atoms with Crippen LogP contribution in [0.2, 0.25) is 0 Å². The molecule has 2 aromatic carbocycles. The summed E-state index contributed by atoms with van der Waals surface area (Å²) in [5.74, 6) is -15.8. The van der Waals surface area contributed by atoms with E-state index < -0.39 is 199 Å². The van der Waals surface area contributed by atoms with Crippen LogP contribution in [0.25, 0.3) is 0 Å². The van der Waals surface area contributed by atoms with Gasteiger partial charge in [0.1, 0.15) is 60.4 Å². The Morgan fingerprint density at radius 1 is 0.600 bits per heavy atom. The summed E-state index contributed by atoms with van der Waals surface area (Å²) in [4.78, 5) is 185. The van der Waals surface area contributed by atoms with Crippen molar-refractivity contribution in [2.75, 3.05) is 6.54 Å². The molecule has 0 saturated carbocycles. The summed E-state index contributed by atoms with van der Waals surface area (Å²) in [6, 6.07) is -2.16. The summed E-state index contributed by atoms with van der Waals surface area (Å²) < 4.78 is 36.0. The molecule has 1 fully saturated rings. The molecule has 15 N–H and O–H groups in total. The maximum atomic E-state index is 14.6. The summed E-state index contributed by atoms with van der Waals surface area (Å²) in [6.07, 6.45) is -4.12. The molecule has 0 bridgehead atoms. The molecule has 9 amide bonds. The molecule has 1 saturated heterocycles. The third kappa shape index (κ3) is 26.3. The summed E-state index contributed by atoms with van der Waals surface area (Å²) in [5.41, 5.74) is 6.52. The summed E-state index contributed by atoms with van der Waals surface area (Å²) in [7, 11) is -4.90. The minimum Gasteiger partial charge on any atom is -0.481 e. The smallest absolute Gasteiger partial charge is 0.446 e. The lowest BCUT2D eigenvalue weighted by molar-refractivity contribution is -0.144. The van der Waals surface area contributed by atoms with Crippen LogP contribution in [0.5, 0.6) is 5.75 Å². The fourth-order valence-electron chi connectivity index (χ4n) is 9.32. The van der Waals surface area contributed by atoms with Gasteiger partial charge in [-0.25, -0.2) is 0 Å². The highest BCUT2D eigenvalue weighted by Gasteiger charge is 2.42. The predicted molar refractivity (Wildman–Crippen MR) is 314 cm³/mol. The number of likely N-dealkylation sites (tertiary alicyclic amines) is 1. The van der Waals surface area contributed by atoms with Gasteiger partial charge in [-0.15, -0.1) is 0 Å². The van der Waals surface area contributed by atoms with Gasteiger partial charge < -0.3 is 82.6 Å². The monoisotopic (exact) mass is 1290 g/mol. The Morgan fingerprint density at radius 2 is 1.04 bits per heavy atom. The third-order valence-electron chi connectivity index (χ3n) is 14.3. The van der Waals surface area contributed by atoms with Crippen molar-refractivity contribution in [3.63, 3.8) is 0 Å². The van der Waals surface area contributed by atoms with E-state index in [1.165, 1.54) is 19.1 Å². The van der Waals surface area contributed by atoms with E-state index in [-0.39, 0.29) is 56.7 Å². The summed E-state index contributed by atoms with van der Waals surface area (Å²) in [5, 5.41) is 57.5. The number of nitrogens with one attached hydrogen (secondary N) is 8. The summed E-state index contributed by atoms with van der Waals surface area (Å²) in [6.45, 7) is 7.98. The number of rotatable bonds is 39. The van der Waals surface area contributed by atoms with E-state index in [0.717, 1.165) is 17.0 Å². The van der Waals surface area contributed by atoms with Gasteiger partial charge in [0.2, 0.25) is 53.2 Å². The van der Waals surface area contributed by atoms with E-state index in [1.807, 2.05) is 0 Å². The molecule has 33 heteroatoms. The molecule has 0 spiro atoms. The zero-order chi connectivity index (χ0) is 67.6. The van der Waals surface area contributed by atoms with Crippen LogP contribution in [-0.4, -0.2) is 189 Å². The molecule has 0 aromatic heterocycles. The average molecular weight is 1290 g/mol. The molecule has 0 radical (unpaired) electrons. The number of amides is 9. The Hall–Kier alpha value is -9.11. The second kappa shape index (κ2) is 36.4. The first-order valence-electron chi connectivity index (χ1n) is 28.8. The number of nitrogens with zero attached hydrogens (tertiary/aromatic N) is 1. The number of carboxylic acid groups (broad SMARTS) is 4. The molecule has 1 aliphatic heterocycles. The van der Waals surface area contributed by atoms with Crippen molar-refractivity contribution in [2.45, 2.75) is 179 Å². The standard InChI is InChI=1S/C57H80N10O22S/c1-6-31(4)48(66-53(81)40(20-23-46(73)74)62-51(79)39(19-22-45(71)72)63-55(83)42(26-33-11-8-7-9-12-33)64-50(78)37(58)28-47(75)76)57(85)67-24-10-13-43(67)56(84)59-32(5)49(77)61-38(18-21-44(69)70)52(80)65-41(54(82)60-35(29-68)25-30(2)3)27-34-14-16-36(17-15-34)89-90(86,87)88/h7-9,11-12,14-17,29-32,35,37-43,48H,6,10,13,18-28,58H2,1-5H3,(H,59,84)(H,60,82)(H,61,77)(H,62,79)(H,63,83)(H,64,78)(H,65,80)(H,66,81)(H,69,70)(H,71,72)(H,73,74)(H,75,76)(H,86,87,88)/t31-,32-,35-,37-,38-,39-,40-,41-,42-,43-,48-/m0/s1. The van der Waals surface area contributed by atoms with Crippen molar-refractivity contribution in [2.24, 2.45) is 17.6 Å². The maximum Gasteiger partial charge on any atom is 0.446 e. The van der Waals surface area contributed by atoms with Crippen LogP contribution >= 0.6 is 0 Å². The minimum absolute atomic E-state index is 0.0321. The van der Waals surface area contributed by atoms with Crippen molar-refractivity contribution in [1.82, 2.24) is 47.4 Å². The van der Waals surface area contributed by atoms with E-state index in [9.17, 15) is 96.0 Å². The fraction of sp³-hybridized carbons (Fsp3) is 0.544. The van der Waals surface area contributed by atoms with Crippen LogP contribution in [0.3, 0.4) is 0 Å². The van der Waals surface area contributed by atoms with Gasteiger partial charge >= 0.3 is 34.3 Å². The average Bonchev–Trinajstić information content (AvgIpc) is 1.87. The van der Waals surface area contributed by atoms with Gasteiger partial charge in [-0.3, -0.25) is 66.9 Å². The van der Waals surface area contributed by atoms with Crippen LogP contribution < -0.4 is 52.5 Å². The number of carbonyl (C=O) groups is 14. The second-order valence-corrected chi connectivity index (χ2v) is 23.1. The topological polar surface area (TPSA) is 509 Å². The molecule has 1 aliphatic rings. The lowest BCUT2D eigenvalue weighted by Crippen LogP contribution is -2.61. The number of hydrogen-bond acceptors (Lipinski definition) is 18. The van der Waals surface area contributed by atoms with Crippen molar-refractivity contribution in [3.8, 4) is 5.75 Å². The minimum atomic E-state index is -4.90. The number of carboxylic acids is 4. The molecule has 3 rings (SSSR count). The quantitative estimate of drug-likeness (QED) is 0.0260. The maximum absolute atomic E-state index is 14.6. The van der Waals surface area contributed by atoms with E-state index in [4.69, 9.17) is 10.3 Å². The Kier molecular flexibility index (Phi) is 30.4. The molecule has 1 heterocycles. The van der Waals surface area contributed by atoms with Gasteiger partial charge in [0.05, 0.1) is 18.5 Å². The van der Waals surface area contributed by atoms with Gasteiger partial charge in [-0.2, -0.15) is 8.42 Å². The van der Waals surface area contributed by atoms with E-state index >= 15 is 0 Å². The highest BCUT2D eigenvalue weighted by atomic mass is 32.3. The lowest BCUT2D eigenvalue weighted by atomic mass is 9.96. The van der Waals surface area contributed by atoms with Crippen molar-refractivity contribution in [1.29, 1.82) is 0 Å². The van der Waals surface area contributed by atoms with Crippen molar-refractivity contribution in [3.05, 3.63) is 65.7 Å². The molecule has 11 atom stereocenters. The second-order valence-electron chi connectivity index (χ2n) is 22.0. The number of hydrogen-bond donors (Lipinski definition) is 14. The van der Waals surface area contributed by atoms with Crippen LogP contribution in [0.15, 0.2) is 54.6 Å². The number of benzene rings is 2. The molecule has 90 heavy (non-hydrogen) atoms. The van der Waals surface area contributed by atoms with Gasteiger partial charge in [-0.1, -0.05) is 76.6 Å². The van der Waals surface area contributed by atoms with Gasteiger partial charge in [-0.05, 0) is 80.5 Å². The Bertz CT molecular complexity index is 3010. The molecule has 2 aromatic rings. The Balaban J connectivity index is 1.86. The van der Waals surface area contributed by atoms with E-state index in [0.29, 0.717) is 17.4 Å². The molecular formula is C57H80N10O22S. The van der Waals surface area contributed by atoms with E-state index in [2.05, 4.69) is 46.7 Å². The first-order valence-corrected chi connectivity index (χ1v) is 30.2. The third-order valence-corrected chi connectivity index (χ3v) is 14.7. The first-order chi connectivity index (χ1) is 42.2. The molecule has 496 valence electrons. The zero-order valence-electron chi connectivity index (χ0n) is 50.2. The van der Waals surface area contributed by atoms with Crippen LogP contribution in [-0.2, 0) is 90.4 Å². The van der Waals surface area contributed by atoms with Crippen molar-refractivity contribution >= 4 is 93.7 Å². The number of nitrogens with two attached hydrogens (primary N) is 1. The molecule has 32 nitrogen and oxygen atoms in total. The highest BCUT2D eigenvalue weighted by Crippen LogP contribution is 2.23. The van der Waals surface area contributed by atoms with Crippen molar-refractivity contribution < 1.29 is 105 Å². The van der Waals surface area contributed by atoms with Gasteiger partial charge in [0.25, 0.3) is 0 Å². The summed E-state index contributed by atoms with van der Waals surface area (Å²) >= 11 is 0. The van der Waals surface area contributed by atoms with E-state index in [1.54, 1.807) is 58.0 Å². The molecular weight excluding hydrogens is 1210 g/mol. The van der Waals surface area contributed by atoms with Crippen LogP contribution in [0, 0.1) is 11.8 Å². The van der Waals surface area contributed by atoms with Crippen LogP contribution in [0.1, 0.15) is 116 Å². The first kappa shape index (κ1) is 75.1. The molecule has 0 aliphatic carbocycles. The normalized spacial score (nSPS) is 16.3. The zero-order valence-corrected chi connectivity index (χ0v) is 51.0. The Morgan fingerprint density at radius 3 is 1.50 bits per heavy atom. The fourth-order valence-corrected chi connectivity index (χ4v) is 9.68. The lowest BCUT2D eigenvalue weighted by Gasteiger charge is -2.33. The SMILES string of the molecule is CC[C@H](C)[C@H](NC(=O)[C@H](CCC(=O)O)NC(=O)[C@H](CCC(=O)O)NC(=O)[C@H](Cc1ccccc1)NC(=O)[C@@H](N)CC(=O)O)C(=O)N1CCC[C@H]1C(=O)N[C@@H](C)C(=O)N[C@@H](CCC(=O)O)C(=O)N[C@@H](Cc1ccc(OS(=O)(=O)O)cc1)C(=O)N[C@H](C=O)CC(C)C. The predicted octanol–water partition coefficient (Wildman–Crippen LogP) is -1.77.